The van der Waals surface area contributed by atoms with Gasteiger partial charge in [-0.15, -0.1) is 0 Å². The fourth-order valence-electron chi connectivity index (χ4n) is 2.31. The van der Waals surface area contributed by atoms with Crippen molar-refractivity contribution in [1.82, 2.24) is 4.72 Å². The van der Waals surface area contributed by atoms with Gasteiger partial charge in [0.1, 0.15) is 0 Å². The predicted octanol–water partition coefficient (Wildman–Crippen LogP) is 2.98. The van der Waals surface area contributed by atoms with E-state index in [1.807, 2.05) is 19.1 Å². The molecule has 0 bridgehead atoms. The summed E-state index contributed by atoms with van der Waals surface area (Å²) in [4.78, 5) is 0.933. The monoisotopic (exact) mass is 331 g/mol. The van der Waals surface area contributed by atoms with E-state index in [1.165, 1.54) is 0 Å². The van der Waals surface area contributed by atoms with Crippen LogP contribution < -0.4 is 4.72 Å². The zero-order valence-electron chi connectivity index (χ0n) is 10.4. The van der Waals surface area contributed by atoms with Crippen LogP contribution in [0, 0.1) is 6.92 Å². The van der Waals surface area contributed by atoms with Crippen molar-refractivity contribution < 1.29 is 8.42 Å². The minimum Gasteiger partial charge on any atom is -0.208 e. The SMILES string of the molecule is Cc1ccccc1S(=O)(=O)NC1CCC(Br)CC1. The third-order valence-electron chi connectivity index (χ3n) is 3.36. The van der Waals surface area contributed by atoms with Crippen molar-refractivity contribution in [2.75, 3.05) is 0 Å². The van der Waals surface area contributed by atoms with Gasteiger partial charge in [-0.2, -0.15) is 0 Å². The number of rotatable bonds is 3. The molecule has 0 saturated heterocycles. The van der Waals surface area contributed by atoms with E-state index in [0.717, 1.165) is 31.2 Å². The van der Waals surface area contributed by atoms with Crippen LogP contribution in [0.4, 0.5) is 0 Å². The molecule has 100 valence electrons. The molecule has 1 fully saturated rings. The average Bonchev–Trinajstić information content (AvgIpc) is 2.32. The van der Waals surface area contributed by atoms with Crippen molar-refractivity contribution in [3.8, 4) is 0 Å². The van der Waals surface area contributed by atoms with Crippen LogP contribution in [0.3, 0.4) is 0 Å². The van der Waals surface area contributed by atoms with E-state index in [1.54, 1.807) is 12.1 Å². The van der Waals surface area contributed by atoms with Gasteiger partial charge >= 0.3 is 0 Å². The lowest BCUT2D eigenvalue weighted by molar-refractivity contribution is 0.422. The Balaban J connectivity index is 2.11. The number of hydrogen-bond donors (Lipinski definition) is 1. The topological polar surface area (TPSA) is 46.2 Å². The normalized spacial score (nSPS) is 25.0. The van der Waals surface area contributed by atoms with Crippen LogP contribution in [0.5, 0.6) is 0 Å². The van der Waals surface area contributed by atoms with E-state index in [2.05, 4.69) is 20.7 Å². The summed E-state index contributed by atoms with van der Waals surface area (Å²) in [6.45, 7) is 1.82. The van der Waals surface area contributed by atoms with Crippen LogP contribution in [-0.4, -0.2) is 19.3 Å². The first-order valence-corrected chi connectivity index (χ1v) is 8.61. The second-order valence-electron chi connectivity index (χ2n) is 4.84. The molecule has 18 heavy (non-hydrogen) atoms. The summed E-state index contributed by atoms with van der Waals surface area (Å²) in [7, 11) is -3.37. The first-order chi connectivity index (χ1) is 8.49. The summed E-state index contributed by atoms with van der Waals surface area (Å²) in [5, 5.41) is 0. The maximum atomic E-state index is 12.3. The molecule has 1 saturated carbocycles. The van der Waals surface area contributed by atoms with E-state index in [0.29, 0.717) is 9.72 Å². The molecule has 0 atom stereocenters. The van der Waals surface area contributed by atoms with Gasteiger partial charge in [-0.05, 0) is 44.2 Å². The van der Waals surface area contributed by atoms with Gasteiger partial charge < -0.3 is 0 Å². The highest BCUT2D eigenvalue weighted by atomic mass is 79.9. The van der Waals surface area contributed by atoms with Crippen molar-refractivity contribution in [2.24, 2.45) is 0 Å². The number of nitrogens with one attached hydrogen (secondary N) is 1. The molecule has 0 amide bonds. The van der Waals surface area contributed by atoms with Gasteiger partial charge in [-0.3, -0.25) is 0 Å². The molecule has 1 aliphatic rings. The summed E-state index contributed by atoms with van der Waals surface area (Å²) >= 11 is 3.57. The standard InChI is InChI=1S/C13H18BrNO2S/c1-10-4-2-3-5-13(10)18(16,17)15-12-8-6-11(14)7-9-12/h2-5,11-12,15H,6-9H2,1H3. The minimum absolute atomic E-state index is 0.0726. The number of aryl methyl sites for hydroxylation is 1. The van der Waals surface area contributed by atoms with Crippen molar-refractivity contribution in [3.05, 3.63) is 29.8 Å². The molecule has 0 heterocycles. The average molecular weight is 332 g/mol. The molecule has 0 aliphatic heterocycles. The molecule has 0 aromatic heterocycles. The second kappa shape index (κ2) is 5.72. The van der Waals surface area contributed by atoms with Crippen LogP contribution in [0.1, 0.15) is 31.2 Å². The molecular formula is C13H18BrNO2S. The number of halogens is 1. The molecule has 1 aromatic carbocycles. The summed E-state index contributed by atoms with van der Waals surface area (Å²) < 4.78 is 27.4. The molecule has 0 radical (unpaired) electrons. The van der Waals surface area contributed by atoms with Crippen LogP contribution >= 0.6 is 15.9 Å². The van der Waals surface area contributed by atoms with Crippen LogP contribution in [0.2, 0.25) is 0 Å². The predicted molar refractivity (Wildman–Crippen MR) is 76.5 cm³/mol. The van der Waals surface area contributed by atoms with E-state index in [9.17, 15) is 8.42 Å². The molecule has 1 aromatic rings. The maximum Gasteiger partial charge on any atom is 0.241 e. The fourth-order valence-corrected chi connectivity index (χ4v) is 4.39. The van der Waals surface area contributed by atoms with Gasteiger partial charge in [0, 0.05) is 10.9 Å². The van der Waals surface area contributed by atoms with Gasteiger partial charge in [0.25, 0.3) is 0 Å². The molecular weight excluding hydrogens is 314 g/mol. The Kier molecular flexibility index (Phi) is 4.45. The Bertz CT molecular complexity index is 507. The number of sulfonamides is 1. The first kappa shape index (κ1) is 14.0. The highest BCUT2D eigenvalue weighted by Crippen LogP contribution is 2.25. The Labute approximate surface area is 117 Å². The minimum atomic E-state index is -3.37. The van der Waals surface area contributed by atoms with Crippen molar-refractivity contribution in [1.29, 1.82) is 0 Å². The molecule has 5 heteroatoms. The van der Waals surface area contributed by atoms with Crippen molar-refractivity contribution >= 4 is 26.0 Å². The van der Waals surface area contributed by atoms with E-state index in [-0.39, 0.29) is 6.04 Å². The fraction of sp³-hybridized carbons (Fsp3) is 0.538. The van der Waals surface area contributed by atoms with Gasteiger partial charge in [0.2, 0.25) is 10.0 Å². The van der Waals surface area contributed by atoms with Crippen LogP contribution in [0.15, 0.2) is 29.2 Å². The molecule has 0 spiro atoms. The van der Waals surface area contributed by atoms with Gasteiger partial charge in [-0.1, -0.05) is 34.1 Å². The summed E-state index contributed by atoms with van der Waals surface area (Å²) in [6, 6.07) is 7.17. The first-order valence-electron chi connectivity index (χ1n) is 6.21. The molecule has 3 nitrogen and oxygen atoms in total. The molecule has 2 rings (SSSR count). The zero-order valence-corrected chi connectivity index (χ0v) is 12.8. The summed E-state index contributed by atoms with van der Waals surface area (Å²) in [5.74, 6) is 0. The third kappa shape index (κ3) is 3.33. The Hall–Kier alpha value is -0.390. The Morgan fingerprint density at radius 2 is 1.78 bits per heavy atom. The van der Waals surface area contributed by atoms with E-state index in [4.69, 9.17) is 0 Å². The van der Waals surface area contributed by atoms with Gasteiger partial charge in [0.15, 0.2) is 0 Å². The highest BCUT2D eigenvalue weighted by molar-refractivity contribution is 9.09. The van der Waals surface area contributed by atoms with Crippen molar-refractivity contribution in [3.63, 3.8) is 0 Å². The summed E-state index contributed by atoms with van der Waals surface area (Å²) in [6.07, 6.45) is 3.87. The van der Waals surface area contributed by atoms with Gasteiger partial charge in [0.05, 0.1) is 4.90 Å². The van der Waals surface area contributed by atoms with Gasteiger partial charge in [-0.25, -0.2) is 13.1 Å². The molecule has 1 aliphatic carbocycles. The summed E-state index contributed by atoms with van der Waals surface area (Å²) in [5.41, 5.74) is 0.791. The number of alkyl halides is 1. The highest BCUT2D eigenvalue weighted by Gasteiger charge is 2.25. The zero-order chi connectivity index (χ0) is 13.2. The second-order valence-corrected chi connectivity index (χ2v) is 7.81. The maximum absolute atomic E-state index is 12.3. The van der Waals surface area contributed by atoms with Crippen LogP contribution in [0.25, 0.3) is 0 Å². The van der Waals surface area contributed by atoms with Crippen LogP contribution in [-0.2, 0) is 10.0 Å². The quantitative estimate of drug-likeness (QED) is 0.865. The van der Waals surface area contributed by atoms with E-state index >= 15 is 0 Å². The number of benzene rings is 1. The largest absolute Gasteiger partial charge is 0.241 e. The lowest BCUT2D eigenvalue weighted by Crippen LogP contribution is -2.37. The lowest BCUT2D eigenvalue weighted by atomic mass is 9.96. The molecule has 1 N–H and O–H groups in total. The van der Waals surface area contributed by atoms with Crippen molar-refractivity contribution in [2.45, 2.75) is 48.4 Å². The molecule has 0 unspecified atom stereocenters. The Morgan fingerprint density at radius 3 is 2.39 bits per heavy atom. The third-order valence-corrected chi connectivity index (χ3v) is 5.96. The lowest BCUT2D eigenvalue weighted by Gasteiger charge is -2.26. The smallest absolute Gasteiger partial charge is 0.208 e. The van der Waals surface area contributed by atoms with E-state index < -0.39 is 10.0 Å². The Morgan fingerprint density at radius 1 is 1.17 bits per heavy atom. The number of hydrogen-bond acceptors (Lipinski definition) is 2.